The Balaban J connectivity index is 1.88. The standard InChI is InChI=1S/C12H16O2/c1-10-4-2-3-5-11(10)6-7-12-13-8-9-14-12/h2-5,12H,6-9H2,1H3. The van der Waals surface area contributed by atoms with E-state index in [9.17, 15) is 0 Å². The molecule has 1 aromatic carbocycles. The molecule has 1 fully saturated rings. The van der Waals surface area contributed by atoms with Gasteiger partial charge >= 0.3 is 0 Å². The maximum atomic E-state index is 5.39. The Morgan fingerprint density at radius 2 is 1.93 bits per heavy atom. The van der Waals surface area contributed by atoms with Crippen molar-refractivity contribution in [1.29, 1.82) is 0 Å². The van der Waals surface area contributed by atoms with Crippen LogP contribution >= 0.6 is 0 Å². The van der Waals surface area contributed by atoms with Gasteiger partial charge in [0.15, 0.2) is 6.29 Å². The lowest BCUT2D eigenvalue weighted by molar-refractivity contribution is -0.0462. The van der Waals surface area contributed by atoms with Gasteiger partial charge in [0.2, 0.25) is 0 Å². The van der Waals surface area contributed by atoms with Crippen LogP contribution in [0.2, 0.25) is 0 Å². The van der Waals surface area contributed by atoms with Crippen LogP contribution in [-0.2, 0) is 15.9 Å². The van der Waals surface area contributed by atoms with Crippen molar-refractivity contribution in [3.63, 3.8) is 0 Å². The summed E-state index contributed by atoms with van der Waals surface area (Å²) in [7, 11) is 0. The third-order valence-corrected chi connectivity index (χ3v) is 2.60. The van der Waals surface area contributed by atoms with Gasteiger partial charge in [0, 0.05) is 6.42 Å². The smallest absolute Gasteiger partial charge is 0.158 e. The number of rotatable bonds is 3. The van der Waals surface area contributed by atoms with Crippen LogP contribution in [0.15, 0.2) is 24.3 Å². The number of ether oxygens (including phenoxy) is 2. The number of hydrogen-bond acceptors (Lipinski definition) is 2. The third-order valence-electron chi connectivity index (χ3n) is 2.60. The Kier molecular flexibility index (Phi) is 3.17. The highest BCUT2D eigenvalue weighted by Gasteiger charge is 2.15. The van der Waals surface area contributed by atoms with Gasteiger partial charge in [-0.15, -0.1) is 0 Å². The summed E-state index contributed by atoms with van der Waals surface area (Å²) in [5.41, 5.74) is 2.75. The van der Waals surface area contributed by atoms with Crippen LogP contribution in [0.5, 0.6) is 0 Å². The quantitative estimate of drug-likeness (QED) is 0.731. The predicted octanol–water partition coefficient (Wildman–Crippen LogP) is 2.30. The summed E-state index contributed by atoms with van der Waals surface area (Å²) in [4.78, 5) is 0. The minimum Gasteiger partial charge on any atom is -0.350 e. The zero-order valence-electron chi connectivity index (χ0n) is 8.53. The average Bonchev–Trinajstić information content (AvgIpc) is 2.69. The van der Waals surface area contributed by atoms with Crippen LogP contribution in [0.3, 0.4) is 0 Å². The van der Waals surface area contributed by atoms with E-state index in [0.29, 0.717) is 0 Å². The Bertz CT molecular complexity index is 290. The van der Waals surface area contributed by atoms with Crippen molar-refractivity contribution in [2.75, 3.05) is 13.2 Å². The Morgan fingerprint density at radius 3 is 2.64 bits per heavy atom. The van der Waals surface area contributed by atoms with Crippen molar-refractivity contribution in [3.05, 3.63) is 35.4 Å². The first-order chi connectivity index (χ1) is 6.86. The molecule has 1 heterocycles. The monoisotopic (exact) mass is 192 g/mol. The number of hydrogen-bond donors (Lipinski definition) is 0. The second-order valence-electron chi connectivity index (χ2n) is 3.64. The molecule has 0 N–H and O–H groups in total. The lowest BCUT2D eigenvalue weighted by Crippen LogP contribution is -2.08. The van der Waals surface area contributed by atoms with Gasteiger partial charge in [-0.1, -0.05) is 24.3 Å². The van der Waals surface area contributed by atoms with E-state index < -0.39 is 0 Å². The summed E-state index contributed by atoms with van der Waals surface area (Å²) < 4.78 is 10.8. The number of benzene rings is 1. The van der Waals surface area contributed by atoms with Crippen LogP contribution in [0.1, 0.15) is 17.5 Å². The lowest BCUT2D eigenvalue weighted by Gasteiger charge is -2.09. The highest BCUT2D eigenvalue weighted by molar-refractivity contribution is 5.25. The predicted molar refractivity (Wildman–Crippen MR) is 55.2 cm³/mol. The fourth-order valence-corrected chi connectivity index (χ4v) is 1.74. The van der Waals surface area contributed by atoms with Crippen LogP contribution in [0, 0.1) is 6.92 Å². The van der Waals surface area contributed by atoms with Crippen molar-refractivity contribution in [2.24, 2.45) is 0 Å². The van der Waals surface area contributed by atoms with Gasteiger partial charge in [-0.2, -0.15) is 0 Å². The van der Waals surface area contributed by atoms with E-state index in [1.807, 2.05) is 0 Å². The van der Waals surface area contributed by atoms with Crippen molar-refractivity contribution in [1.82, 2.24) is 0 Å². The maximum absolute atomic E-state index is 5.39. The van der Waals surface area contributed by atoms with E-state index in [2.05, 4.69) is 31.2 Å². The summed E-state index contributed by atoms with van der Waals surface area (Å²) in [6.07, 6.45) is 2.02. The molecular formula is C12H16O2. The van der Waals surface area contributed by atoms with E-state index in [4.69, 9.17) is 9.47 Å². The zero-order chi connectivity index (χ0) is 9.80. The average molecular weight is 192 g/mol. The topological polar surface area (TPSA) is 18.5 Å². The van der Waals surface area contributed by atoms with E-state index in [1.54, 1.807) is 0 Å². The molecule has 1 aliphatic rings. The minimum atomic E-state index is 0.0228. The van der Waals surface area contributed by atoms with Crippen molar-refractivity contribution in [2.45, 2.75) is 26.1 Å². The van der Waals surface area contributed by atoms with Crippen LogP contribution in [-0.4, -0.2) is 19.5 Å². The molecule has 2 nitrogen and oxygen atoms in total. The summed E-state index contributed by atoms with van der Waals surface area (Å²) in [6, 6.07) is 8.47. The van der Waals surface area contributed by atoms with Gasteiger partial charge in [-0.25, -0.2) is 0 Å². The molecule has 0 amide bonds. The first-order valence-electron chi connectivity index (χ1n) is 5.14. The first-order valence-corrected chi connectivity index (χ1v) is 5.14. The van der Waals surface area contributed by atoms with Crippen LogP contribution in [0.4, 0.5) is 0 Å². The van der Waals surface area contributed by atoms with E-state index >= 15 is 0 Å². The van der Waals surface area contributed by atoms with Gasteiger partial charge in [-0.3, -0.25) is 0 Å². The van der Waals surface area contributed by atoms with Crippen LogP contribution < -0.4 is 0 Å². The van der Waals surface area contributed by atoms with Gasteiger partial charge < -0.3 is 9.47 Å². The lowest BCUT2D eigenvalue weighted by atomic mass is 10.0. The highest BCUT2D eigenvalue weighted by Crippen LogP contribution is 2.14. The van der Waals surface area contributed by atoms with Gasteiger partial charge in [-0.05, 0) is 24.5 Å². The van der Waals surface area contributed by atoms with Crippen molar-refractivity contribution < 1.29 is 9.47 Å². The minimum absolute atomic E-state index is 0.0228. The molecular weight excluding hydrogens is 176 g/mol. The molecule has 0 saturated carbocycles. The van der Waals surface area contributed by atoms with Crippen molar-refractivity contribution in [3.8, 4) is 0 Å². The molecule has 2 heteroatoms. The van der Waals surface area contributed by atoms with Gasteiger partial charge in [0.1, 0.15) is 0 Å². The maximum Gasteiger partial charge on any atom is 0.158 e. The first kappa shape index (κ1) is 9.69. The fourth-order valence-electron chi connectivity index (χ4n) is 1.74. The molecule has 0 spiro atoms. The molecule has 0 bridgehead atoms. The summed E-state index contributed by atoms with van der Waals surface area (Å²) in [5.74, 6) is 0. The largest absolute Gasteiger partial charge is 0.350 e. The molecule has 0 aromatic heterocycles. The molecule has 1 aromatic rings. The molecule has 76 valence electrons. The second kappa shape index (κ2) is 4.58. The summed E-state index contributed by atoms with van der Waals surface area (Å²) >= 11 is 0. The highest BCUT2D eigenvalue weighted by atomic mass is 16.7. The molecule has 0 radical (unpaired) electrons. The second-order valence-corrected chi connectivity index (χ2v) is 3.64. The normalized spacial score (nSPS) is 17.5. The number of aryl methyl sites for hydroxylation is 2. The third kappa shape index (κ3) is 2.34. The van der Waals surface area contributed by atoms with Gasteiger partial charge in [0.05, 0.1) is 13.2 Å². The Hall–Kier alpha value is -0.860. The molecule has 0 unspecified atom stereocenters. The molecule has 0 atom stereocenters. The van der Waals surface area contributed by atoms with E-state index in [1.165, 1.54) is 11.1 Å². The Labute approximate surface area is 84.8 Å². The molecule has 1 aliphatic heterocycles. The summed E-state index contributed by atoms with van der Waals surface area (Å²) in [5, 5.41) is 0. The van der Waals surface area contributed by atoms with E-state index in [-0.39, 0.29) is 6.29 Å². The molecule has 14 heavy (non-hydrogen) atoms. The summed E-state index contributed by atoms with van der Waals surface area (Å²) in [6.45, 7) is 3.64. The van der Waals surface area contributed by atoms with Crippen molar-refractivity contribution >= 4 is 0 Å². The molecule has 2 rings (SSSR count). The van der Waals surface area contributed by atoms with Crippen LogP contribution in [0.25, 0.3) is 0 Å². The Morgan fingerprint density at radius 1 is 1.21 bits per heavy atom. The fraction of sp³-hybridized carbons (Fsp3) is 0.500. The van der Waals surface area contributed by atoms with Gasteiger partial charge in [0.25, 0.3) is 0 Å². The molecule has 0 aliphatic carbocycles. The SMILES string of the molecule is Cc1ccccc1CCC1OCCO1. The molecule has 1 saturated heterocycles. The zero-order valence-corrected chi connectivity index (χ0v) is 8.53. The van der Waals surface area contributed by atoms with E-state index in [0.717, 1.165) is 26.1 Å².